The Morgan fingerprint density at radius 3 is 1.61 bits per heavy atom. The van der Waals surface area contributed by atoms with Gasteiger partial charge in [-0.25, -0.2) is 9.48 Å². The van der Waals surface area contributed by atoms with Crippen molar-refractivity contribution >= 4 is 59.6 Å². The van der Waals surface area contributed by atoms with Crippen molar-refractivity contribution in [3.8, 4) is 11.5 Å². The molecule has 70 heavy (non-hydrogen) atoms. The molecule has 0 N–H and O–H groups in total. The molecule has 0 bridgehead atoms. The van der Waals surface area contributed by atoms with Crippen molar-refractivity contribution in [2.75, 3.05) is 19.8 Å². The summed E-state index contributed by atoms with van der Waals surface area (Å²) in [5.41, 5.74) is 0.444. The molecule has 3 fully saturated rings. The maximum atomic E-state index is 12.8. The number of hydrogen-bond acceptors (Lipinski definition) is 25. The largest absolute Gasteiger partial charge is 0.492 e. The fourth-order valence-electron chi connectivity index (χ4n) is 7.17. The highest BCUT2D eigenvalue weighted by atomic mass is 16.8. The van der Waals surface area contributed by atoms with Crippen LogP contribution in [0.3, 0.4) is 0 Å². The number of hydroxylamine groups is 2. The fourth-order valence-corrected chi connectivity index (χ4v) is 7.17. The summed E-state index contributed by atoms with van der Waals surface area (Å²) in [4.78, 5) is 127. The van der Waals surface area contributed by atoms with Gasteiger partial charge in [0.2, 0.25) is 12.4 Å². The number of rotatable bonds is 21. The number of carbonyl (C=O) groups is 10. The molecule has 1 aromatic heterocycles. The maximum Gasteiger partial charge on any atom is 0.333 e. The fraction of sp³-hybridized carbons (Fsp3) is 0.581. The zero-order valence-corrected chi connectivity index (χ0v) is 39.0. The van der Waals surface area contributed by atoms with E-state index in [0.717, 1.165) is 48.5 Å². The molecule has 2 amide bonds. The minimum Gasteiger partial charge on any atom is -0.492 e. The molecule has 0 aliphatic carbocycles. The molecule has 27 heteroatoms. The third-order valence-electron chi connectivity index (χ3n) is 9.92. The Kier molecular flexibility index (Phi) is 19.1. The number of nitrogens with zero attached hydrogens (tertiary/aromatic N) is 4. The molecule has 0 spiro atoms. The van der Waals surface area contributed by atoms with Crippen LogP contribution < -0.4 is 9.47 Å². The molecule has 1 aromatic carbocycles. The van der Waals surface area contributed by atoms with Crippen LogP contribution in [0.1, 0.15) is 73.4 Å². The van der Waals surface area contributed by atoms with E-state index in [9.17, 15) is 47.9 Å². The van der Waals surface area contributed by atoms with E-state index in [-0.39, 0.29) is 44.6 Å². The summed E-state index contributed by atoms with van der Waals surface area (Å²) >= 11 is 0. The summed E-state index contributed by atoms with van der Waals surface area (Å²) in [5.74, 6) is -7.63. The van der Waals surface area contributed by atoms with Gasteiger partial charge in [0, 0.05) is 73.9 Å². The van der Waals surface area contributed by atoms with Gasteiger partial charge >= 0.3 is 47.8 Å². The first-order valence-electron chi connectivity index (χ1n) is 21.6. The molecular formula is C43H52N4O23. The highest BCUT2D eigenvalue weighted by molar-refractivity contribution is 6.01. The molecule has 3 aliphatic heterocycles. The number of esters is 7. The molecule has 0 radical (unpaired) electrons. The Hall–Kier alpha value is -7.26. The number of ether oxygens (including phenoxy) is 12. The van der Waals surface area contributed by atoms with Crippen molar-refractivity contribution in [3.63, 3.8) is 0 Å². The Labute approximate surface area is 398 Å². The van der Waals surface area contributed by atoms with Gasteiger partial charge in [-0.2, -0.15) is 0 Å². The molecule has 5 rings (SSSR count). The van der Waals surface area contributed by atoms with Crippen molar-refractivity contribution in [1.29, 1.82) is 0 Å². The van der Waals surface area contributed by atoms with E-state index in [1.807, 2.05) is 0 Å². The maximum absolute atomic E-state index is 12.8. The average Bonchev–Trinajstić information content (AvgIpc) is 3.86. The first kappa shape index (κ1) is 53.7. The van der Waals surface area contributed by atoms with Crippen LogP contribution in [-0.4, -0.2) is 161 Å². The highest BCUT2D eigenvalue weighted by Crippen LogP contribution is 2.36. The molecule has 27 nitrogen and oxygen atoms in total. The van der Waals surface area contributed by atoms with E-state index in [1.54, 1.807) is 6.20 Å². The third kappa shape index (κ3) is 15.6. The predicted octanol–water partition coefficient (Wildman–Crippen LogP) is -0.105. The highest BCUT2D eigenvalue weighted by Gasteiger charge is 2.58. The second-order valence-electron chi connectivity index (χ2n) is 15.6. The molecule has 0 saturated carbocycles. The van der Waals surface area contributed by atoms with Crippen LogP contribution in [0.15, 0.2) is 30.5 Å². The van der Waals surface area contributed by atoms with Crippen LogP contribution in [0.2, 0.25) is 0 Å². The summed E-state index contributed by atoms with van der Waals surface area (Å²) in [7, 11) is 0. The van der Waals surface area contributed by atoms with Gasteiger partial charge in [0.25, 0.3) is 11.8 Å². The average molecular weight is 993 g/mol. The minimum atomic E-state index is -1.86. The number of amides is 2. The summed E-state index contributed by atoms with van der Waals surface area (Å²) in [6.45, 7) is 6.44. The van der Waals surface area contributed by atoms with Crippen LogP contribution >= 0.6 is 0 Å². The van der Waals surface area contributed by atoms with E-state index >= 15 is 0 Å². The van der Waals surface area contributed by atoms with E-state index in [0.29, 0.717) is 16.5 Å². The first-order chi connectivity index (χ1) is 33.2. The van der Waals surface area contributed by atoms with Crippen LogP contribution in [0.5, 0.6) is 11.5 Å². The molecule has 2 aromatic rings. The van der Waals surface area contributed by atoms with Gasteiger partial charge in [0.15, 0.2) is 30.7 Å². The second-order valence-corrected chi connectivity index (χ2v) is 15.6. The van der Waals surface area contributed by atoms with Crippen LogP contribution in [0.4, 0.5) is 0 Å². The van der Waals surface area contributed by atoms with Crippen molar-refractivity contribution < 1.29 is 110 Å². The van der Waals surface area contributed by atoms with Crippen LogP contribution in [-0.2, 0) is 113 Å². The smallest absolute Gasteiger partial charge is 0.333 e. The Balaban J connectivity index is 1.33. The lowest BCUT2D eigenvalue weighted by atomic mass is 9.96. The van der Waals surface area contributed by atoms with Gasteiger partial charge in [0.05, 0.1) is 18.7 Å². The zero-order chi connectivity index (χ0) is 51.2. The topological polar surface area (TPSA) is 325 Å². The normalized spacial score (nSPS) is 25.2. The molecule has 10 atom stereocenters. The van der Waals surface area contributed by atoms with Gasteiger partial charge in [-0.3, -0.25) is 43.2 Å². The van der Waals surface area contributed by atoms with Gasteiger partial charge < -0.3 is 61.7 Å². The lowest BCUT2D eigenvalue weighted by Gasteiger charge is -2.48. The molecule has 4 heterocycles. The molecule has 382 valence electrons. The number of aromatic nitrogens is 3. The van der Waals surface area contributed by atoms with Crippen LogP contribution in [0.25, 0.3) is 0 Å². The van der Waals surface area contributed by atoms with Crippen LogP contribution in [0, 0.1) is 0 Å². The lowest BCUT2D eigenvalue weighted by molar-refractivity contribution is -0.354. The number of hydrogen-bond donors (Lipinski definition) is 0. The quantitative estimate of drug-likeness (QED) is 0.0895. The molecule has 3 saturated heterocycles. The number of aryl methyl sites for hydroxylation is 1. The zero-order valence-electron chi connectivity index (χ0n) is 39.0. The van der Waals surface area contributed by atoms with Gasteiger partial charge in [-0.15, -0.1) is 10.2 Å². The third-order valence-corrected chi connectivity index (χ3v) is 9.92. The Bertz CT molecular complexity index is 2230. The summed E-state index contributed by atoms with van der Waals surface area (Å²) < 4.78 is 70.4. The summed E-state index contributed by atoms with van der Waals surface area (Å²) in [6, 6.07) is 6.01. The SMILES string of the molecule is CC(=O)OC[C@H]1O[C@@H](O[C@H]2[C@H](OC(C)=O)[C@@H](OC(C)=O)[C@H](Oc3ccc(OCCn4cc(CCC(=O)ON5C(=O)CCC5=O)nn4)cc3)O[C@@H]2COC(C)=O)[C@H](OC(C)=O)[C@@H](OC(C)=O)[C@H]1OC(C)=O. The Morgan fingerprint density at radius 1 is 0.600 bits per heavy atom. The second kappa shape index (κ2) is 24.9. The number of imide groups is 1. The summed E-state index contributed by atoms with van der Waals surface area (Å²) in [6.07, 6.45) is -14.9. The van der Waals surface area contributed by atoms with Gasteiger partial charge in [0.1, 0.15) is 49.6 Å². The number of benzene rings is 1. The first-order valence-corrected chi connectivity index (χ1v) is 21.6. The van der Waals surface area contributed by atoms with Crippen molar-refractivity contribution in [2.24, 2.45) is 0 Å². The predicted molar refractivity (Wildman–Crippen MR) is 221 cm³/mol. The summed E-state index contributed by atoms with van der Waals surface area (Å²) in [5, 5.41) is 8.49. The molecule has 3 aliphatic rings. The van der Waals surface area contributed by atoms with Crippen molar-refractivity contribution in [2.45, 2.75) is 142 Å². The standard InChI is InChI=1S/C43H52N4O23/c1-21(48)59-19-31-36(61-23(3)50)38(62-24(4)51)41(65-27(7)54)43(68-31)69-37-32(20-60-22(2)49)67-42(40(64-26(6)53)39(37)63-25(5)52)66-30-11-9-29(10-12-30)58-17-16-46-18-28(44-45-46)8-15-35(57)70-47-33(55)13-14-34(47)56/h9-12,18,31-32,36-43H,8,13-17,19-20H2,1-7H3/t31-,32-,36+,37-,38+,39+,40-,41-,42-,43+/m1/s1. The van der Waals surface area contributed by atoms with Crippen molar-refractivity contribution in [1.82, 2.24) is 20.1 Å². The monoisotopic (exact) mass is 992 g/mol. The van der Waals surface area contributed by atoms with Gasteiger partial charge in [-0.1, -0.05) is 5.21 Å². The van der Waals surface area contributed by atoms with Gasteiger partial charge in [-0.05, 0) is 24.3 Å². The molecular weight excluding hydrogens is 940 g/mol. The van der Waals surface area contributed by atoms with E-state index in [2.05, 4.69) is 10.3 Å². The van der Waals surface area contributed by atoms with E-state index < -0.39 is 134 Å². The van der Waals surface area contributed by atoms with E-state index in [4.69, 9.17) is 61.7 Å². The molecule has 0 unspecified atom stereocenters. The lowest BCUT2D eigenvalue weighted by Crippen LogP contribution is -2.67. The van der Waals surface area contributed by atoms with E-state index in [1.165, 1.54) is 28.9 Å². The van der Waals surface area contributed by atoms with Crippen molar-refractivity contribution in [3.05, 3.63) is 36.2 Å². The number of carbonyl (C=O) groups excluding carboxylic acids is 10. The minimum absolute atomic E-state index is 0.0234. The Morgan fingerprint density at radius 2 is 1.07 bits per heavy atom.